The summed E-state index contributed by atoms with van der Waals surface area (Å²) < 4.78 is 0. The van der Waals surface area contributed by atoms with Crippen LogP contribution in [0.4, 0.5) is 17.5 Å². The summed E-state index contributed by atoms with van der Waals surface area (Å²) in [5.74, 6) is 0.901. The van der Waals surface area contributed by atoms with Crippen LogP contribution < -0.4 is 16.0 Å². The molecule has 2 aromatic carbocycles. The zero-order valence-corrected chi connectivity index (χ0v) is 18.7. The standard InChI is InChI=1S/C24H30N6O2/c1-17-5-4-6-19(15-17)28-22-21(23(32)25-13-14-30(2)3)16-27-24(29-22)26-12-11-18-7-9-20(31)10-8-18/h4-10,15-16,31H,11-14H2,1-3H3,(H,25,32)(H2,26,27,28,29). The van der Waals surface area contributed by atoms with E-state index in [1.807, 2.05) is 62.3 Å². The molecule has 8 heteroatoms. The first-order valence-electron chi connectivity index (χ1n) is 10.6. The first-order chi connectivity index (χ1) is 15.4. The number of nitrogens with one attached hydrogen (secondary N) is 3. The first-order valence-corrected chi connectivity index (χ1v) is 10.6. The fourth-order valence-corrected chi connectivity index (χ4v) is 3.06. The highest BCUT2D eigenvalue weighted by Crippen LogP contribution is 2.21. The summed E-state index contributed by atoms with van der Waals surface area (Å²) in [6, 6.07) is 15.0. The maximum Gasteiger partial charge on any atom is 0.256 e. The Labute approximate surface area is 188 Å². The van der Waals surface area contributed by atoms with E-state index >= 15 is 0 Å². The third-order valence-electron chi connectivity index (χ3n) is 4.79. The molecule has 32 heavy (non-hydrogen) atoms. The zero-order chi connectivity index (χ0) is 22.9. The molecule has 168 valence electrons. The van der Waals surface area contributed by atoms with E-state index in [1.54, 1.807) is 18.3 Å². The van der Waals surface area contributed by atoms with Crippen molar-refractivity contribution in [1.82, 2.24) is 20.2 Å². The molecule has 0 radical (unpaired) electrons. The smallest absolute Gasteiger partial charge is 0.256 e. The van der Waals surface area contributed by atoms with Gasteiger partial charge in [0.05, 0.1) is 0 Å². The number of nitrogens with zero attached hydrogens (tertiary/aromatic N) is 3. The van der Waals surface area contributed by atoms with E-state index in [9.17, 15) is 9.90 Å². The lowest BCUT2D eigenvalue weighted by Gasteiger charge is -2.14. The average Bonchev–Trinajstić information content (AvgIpc) is 2.75. The van der Waals surface area contributed by atoms with Crippen molar-refractivity contribution in [2.75, 3.05) is 44.4 Å². The molecule has 1 heterocycles. The molecule has 0 saturated carbocycles. The van der Waals surface area contributed by atoms with E-state index in [1.165, 1.54) is 0 Å². The summed E-state index contributed by atoms with van der Waals surface area (Å²) >= 11 is 0. The van der Waals surface area contributed by atoms with E-state index in [0.717, 1.165) is 29.8 Å². The summed E-state index contributed by atoms with van der Waals surface area (Å²) in [6.45, 7) is 3.89. The van der Waals surface area contributed by atoms with Crippen LogP contribution in [0.2, 0.25) is 0 Å². The van der Waals surface area contributed by atoms with E-state index in [2.05, 4.69) is 25.9 Å². The van der Waals surface area contributed by atoms with Crippen molar-refractivity contribution in [2.45, 2.75) is 13.3 Å². The highest BCUT2D eigenvalue weighted by molar-refractivity contribution is 5.99. The molecule has 3 rings (SSSR count). The van der Waals surface area contributed by atoms with E-state index in [0.29, 0.717) is 30.4 Å². The Morgan fingerprint density at radius 1 is 1.09 bits per heavy atom. The number of aromatic nitrogens is 2. The van der Waals surface area contributed by atoms with Crippen LogP contribution in [0.1, 0.15) is 21.5 Å². The summed E-state index contributed by atoms with van der Waals surface area (Å²) in [5, 5.41) is 18.8. The van der Waals surface area contributed by atoms with Gasteiger partial charge in [-0.3, -0.25) is 4.79 Å². The van der Waals surface area contributed by atoms with Crippen LogP contribution in [0.5, 0.6) is 5.75 Å². The number of hydrogen-bond acceptors (Lipinski definition) is 7. The Balaban J connectivity index is 1.73. The third kappa shape index (κ3) is 6.95. The Bertz CT molecular complexity index is 1040. The van der Waals surface area contributed by atoms with Crippen LogP contribution in [0.3, 0.4) is 0 Å². The summed E-state index contributed by atoms with van der Waals surface area (Å²) in [7, 11) is 3.91. The van der Waals surface area contributed by atoms with Crippen molar-refractivity contribution >= 4 is 23.4 Å². The van der Waals surface area contributed by atoms with Crippen molar-refractivity contribution in [3.05, 3.63) is 71.4 Å². The molecule has 0 aliphatic carbocycles. The fraction of sp³-hybridized carbons (Fsp3) is 0.292. The number of rotatable bonds is 10. The van der Waals surface area contributed by atoms with Crippen LogP contribution in [0.15, 0.2) is 54.7 Å². The van der Waals surface area contributed by atoms with Gasteiger partial charge in [-0.1, -0.05) is 24.3 Å². The van der Waals surface area contributed by atoms with Gasteiger partial charge in [0.25, 0.3) is 5.91 Å². The van der Waals surface area contributed by atoms with Crippen LogP contribution in [0.25, 0.3) is 0 Å². The van der Waals surface area contributed by atoms with Gasteiger partial charge in [0.2, 0.25) is 5.95 Å². The number of phenolic OH excluding ortho intramolecular Hbond substituents is 1. The number of benzene rings is 2. The van der Waals surface area contributed by atoms with Crippen molar-refractivity contribution in [1.29, 1.82) is 0 Å². The Morgan fingerprint density at radius 2 is 1.88 bits per heavy atom. The van der Waals surface area contributed by atoms with Gasteiger partial charge >= 0.3 is 0 Å². The fourth-order valence-electron chi connectivity index (χ4n) is 3.06. The highest BCUT2D eigenvalue weighted by atomic mass is 16.3. The monoisotopic (exact) mass is 434 g/mol. The average molecular weight is 435 g/mol. The number of amides is 1. The second-order valence-electron chi connectivity index (χ2n) is 7.85. The van der Waals surface area contributed by atoms with Gasteiger partial charge in [0, 0.05) is 31.5 Å². The van der Waals surface area contributed by atoms with Gasteiger partial charge in [-0.25, -0.2) is 4.98 Å². The molecule has 0 unspecified atom stereocenters. The lowest BCUT2D eigenvalue weighted by molar-refractivity contribution is 0.0951. The molecule has 0 fully saturated rings. The summed E-state index contributed by atoms with van der Waals surface area (Å²) in [4.78, 5) is 23.7. The van der Waals surface area contributed by atoms with Crippen LogP contribution in [-0.4, -0.2) is 59.6 Å². The van der Waals surface area contributed by atoms with Gasteiger partial charge in [0.1, 0.15) is 17.1 Å². The summed E-state index contributed by atoms with van der Waals surface area (Å²) in [5.41, 5.74) is 3.43. The first kappa shape index (κ1) is 23.0. The van der Waals surface area contributed by atoms with E-state index in [-0.39, 0.29) is 11.7 Å². The van der Waals surface area contributed by atoms with Crippen LogP contribution >= 0.6 is 0 Å². The number of hydrogen-bond donors (Lipinski definition) is 4. The molecular formula is C24H30N6O2. The molecule has 1 amide bonds. The van der Waals surface area contributed by atoms with Gasteiger partial charge in [0.15, 0.2) is 0 Å². The molecule has 0 aliphatic rings. The maximum absolute atomic E-state index is 12.8. The molecule has 0 saturated heterocycles. The second kappa shape index (κ2) is 11.1. The Morgan fingerprint density at radius 3 is 2.59 bits per heavy atom. The van der Waals surface area contributed by atoms with Gasteiger partial charge in [-0.05, 0) is 62.8 Å². The number of aryl methyl sites for hydroxylation is 1. The molecule has 0 atom stereocenters. The van der Waals surface area contributed by atoms with Crippen LogP contribution in [-0.2, 0) is 6.42 Å². The number of aromatic hydroxyl groups is 1. The minimum absolute atomic E-state index is 0.224. The normalized spacial score (nSPS) is 10.8. The Hall–Kier alpha value is -3.65. The zero-order valence-electron chi connectivity index (χ0n) is 18.7. The topological polar surface area (TPSA) is 102 Å². The predicted octanol–water partition coefficient (Wildman–Crippen LogP) is 3.18. The largest absolute Gasteiger partial charge is 0.508 e. The number of likely N-dealkylation sites (N-methyl/N-ethyl adjacent to an activating group) is 1. The van der Waals surface area contributed by atoms with Crippen molar-refractivity contribution in [2.24, 2.45) is 0 Å². The predicted molar refractivity (Wildman–Crippen MR) is 128 cm³/mol. The van der Waals surface area contributed by atoms with Gasteiger partial charge in [-0.15, -0.1) is 0 Å². The molecule has 1 aromatic heterocycles. The molecule has 0 spiro atoms. The van der Waals surface area contributed by atoms with Gasteiger partial charge < -0.3 is 26.0 Å². The SMILES string of the molecule is Cc1cccc(Nc2nc(NCCc3ccc(O)cc3)ncc2C(=O)NCCN(C)C)c1. The summed E-state index contributed by atoms with van der Waals surface area (Å²) in [6.07, 6.45) is 2.29. The van der Waals surface area contributed by atoms with E-state index in [4.69, 9.17) is 0 Å². The number of anilines is 3. The molecule has 4 N–H and O–H groups in total. The van der Waals surface area contributed by atoms with Crippen molar-refractivity contribution < 1.29 is 9.90 Å². The van der Waals surface area contributed by atoms with Crippen LogP contribution in [0, 0.1) is 6.92 Å². The molecule has 0 bridgehead atoms. The lowest BCUT2D eigenvalue weighted by atomic mass is 10.1. The van der Waals surface area contributed by atoms with Crippen molar-refractivity contribution in [3.63, 3.8) is 0 Å². The number of phenols is 1. The minimum atomic E-state index is -0.224. The second-order valence-corrected chi connectivity index (χ2v) is 7.85. The molecular weight excluding hydrogens is 404 g/mol. The quantitative estimate of drug-likeness (QED) is 0.389. The maximum atomic E-state index is 12.8. The third-order valence-corrected chi connectivity index (χ3v) is 4.79. The molecule has 0 aliphatic heterocycles. The highest BCUT2D eigenvalue weighted by Gasteiger charge is 2.15. The Kier molecular flexibility index (Phi) is 7.99. The molecule has 8 nitrogen and oxygen atoms in total. The van der Waals surface area contributed by atoms with Gasteiger partial charge in [-0.2, -0.15) is 4.98 Å². The molecule has 3 aromatic rings. The van der Waals surface area contributed by atoms with E-state index < -0.39 is 0 Å². The number of carbonyl (C=O) groups is 1. The van der Waals surface area contributed by atoms with Crippen molar-refractivity contribution in [3.8, 4) is 5.75 Å². The minimum Gasteiger partial charge on any atom is -0.508 e. The lowest BCUT2D eigenvalue weighted by Crippen LogP contribution is -2.32. The number of carbonyl (C=O) groups excluding carboxylic acids is 1.